The number of furan rings is 1. The quantitative estimate of drug-likeness (QED) is 0.652. The van der Waals surface area contributed by atoms with E-state index in [0.717, 1.165) is 5.76 Å². The van der Waals surface area contributed by atoms with E-state index in [2.05, 4.69) is 19.2 Å². The van der Waals surface area contributed by atoms with Crippen LogP contribution in [-0.4, -0.2) is 18.1 Å². The van der Waals surface area contributed by atoms with E-state index in [4.69, 9.17) is 9.15 Å². The minimum atomic E-state index is -0.466. The minimum Gasteiger partial charge on any atom is -0.490 e. The van der Waals surface area contributed by atoms with Crippen molar-refractivity contribution in [3.63, 3.8) is 0 Å². The Labute approximate surface area is 122 Å². The standard InChI is InChI=1S/C15H18N2O4/c1-10(2)16-9-12-5-7-14(21-12)11-4-6-15(20-3)13(8-11)17(18)19/h4-8,10,16H,9H2,1-3H3. The molecule has 1 aromatic heterocycles. The topological polar surface area (TPSA) is 77.5 Å². The van der Waals surface area contributed by atoms with E-state index >= 15 is 0 Å². The predicted molar refractivity (Wildman–Crippen MR) is 79.3 cm³/mol. The Morgan fingerprint density at radius 1 is 1.33 bits per heavy atom. The lowest BCUT2D eigenvalue weighted by Gasteiger charge is -2.05. The molecule has 112 valence electrons. The molecule has 0 saturated carbocycles. The number of nitrogens with zero attached hydrogens (tertiary/aromatic N) is 1. The normalized spacial score (nSPS) is 10.9. The molecule has 0 bridgehead atoms. The van der Waals surface area contributed by atoms with Crippen LogP contribution in [0.1, 0.15) is 19.6 Å². The molecule has 1 heterocycles. The van der Waals surface area contributed by atoms with E-state index in [0.29, 0.717) is 23.9 Å². The lowest BCUT2D eigenvalue weighted by atomic mass is 10.1. The van der Waals surface area contributed by atoms with Gasteiger partial charge >= 0.3 is 5.69 Å². The Morgan fingerprint density at radius 3 is 2.71 bits per heavy atom. The lowest BCUT2D eigenvalue weighted by molar-refractivity contribution is -0.385. The zero-order valence-corrected chi connectivity index (χ0v) is 12.3. The molecule has 2 aromatic rings. The third kappa shape index (κ3) is 3.61. The average molecular weight is 290 g/mol. The summed E-state index contributed by atoms with van der Waals surface area (Å²) in [7, 11) is 1.41. The first-order valence-corrected chi connectivity index (χ1v) is 6.66. The number of nitro groups is 1. The van der Waals surface area contributed by atoms with Gasteiger partial charge in [-0.05, 0) is 24.3 Å². The monoisotopic (exact) mass is 290 g/mol. The molecule has 0 saturated heterocycles. The molecule has 0 radical (unpaired) electrons. The van der Waals surface area contributed by atoms with Crippen molar-refractivity contribution in [1.29, 1.82) is 0 Å². The van der Waals surface area contributed by atoms with Crippen molar-refractivity contribution in [2.75, 3.05) is 7.11 Å². The van der Waals surface area contributed by atoms with Gasteiger partial charge in [-0.15, -0.1) is 0 Å². The van der Waals surface area contributed by atoms with Gasteiger partial charge in [-0.3, -0.25) is 10.1 Å². The van der Waals surface area contributed by atoms with Gasteiger partial charge in [-0.25, -0.2) is 0 Å². The van der Waals surface area contributed by atoms with Crippen molar-refractivity contribution in [1.82, 2.24) is 5.32 Å². The lowest BCUT2D eigenvalue weighted by Crippen LogP contribution is -2.21. The second kappa shape index (κ2) is 6.41. The summed E-state index contributed by atoms with van der Waals surface area (Å²) < 4.78 is 10.7. The fourth-order valence-electron chi connectivity index (χ4n) is 1.92. The molecule has 0 aliphatic rings. The Kier molecular flexibility index (Phi) is 4.59. The fourth-order valence-corrected chi connectivity index (χ4v) is 1.92. The van der Waals surface area contributed by atoms with Crippen molar-refractivity contribution in [3.8, 4) is 17.1 Å². The number of nitro benzene ring substituents is 1. The highest BCUT2D eigenvalue weighted by Gasteiger charge is 2.17. The third-order valence-electron chi connectivity index (χ3n) is 3.01. The summed E-state index contributed by atoms with van der Waals surface area (Å²) in [6.45, 7) is 4.73. The van der Waals surface area contributed by atoms with Crippen LogP contribution in [0.25, 0.3) is 11.3 Å². The van der Waals surface area contributed by atoms with Gasteiger partial charge in [0.15, 0.2) is 5.75 Å². The second-order valence-corrected chi connectivity index (χ2v) is 4.95. The van der Waals surface area contributed by atoms with E-state index in [1.54, 1.807) is 12.1 Å². The fraction of sp³-hybridized carbons (Fsp3) is 0.333. The number of hydrogen-bond acceptors (Lipinski definition) is 5. The summed E-state index contributed by atoms with van der Waals surface area (Å²) in [4.78, 5) is 10.6. The summed E-state index contributed by atoms with van der Waals surface area (Å²) in [5.41, 5.74) is 0.576. The average Bonchev–Trinajstić information content (AvgIpc) is 2.93. The van der Waals surface area contributed by atoms with Gasteiger partial charge in [-0.1, -0.05) is 13.8 Å². The van der Waals surface area contributed by atoms with Gasteiger partial charge in [0, 0.05) is 17.7 Å². The Hall–Kier alpha value is -2.34. The molecule has 0 unspecified atom stereocenters. The van der Waals surface area contributed by atoms with E-state index < -0.39 is 4.92 Å². The number of benzene rings is 1. The van der Waals surface area contributed by atoms with Gasteiger partial charge in [0.1, 0.15) is 11.5 Å². The molecule has 0 aliphatic heterocycles. The molecule has 0 fully saturated rings. The molecule has 1 N–H and O–H groups in total. The van der Waals surface area contributed by atoms with Crippen LogP contribution in [0.4, 0.5) is 5.69 Å². The smallest absolute Gasteiger partial charge is 0.311 e. The highest BCUT2D eigenvalue weighted by molar-refractivity contribution is 5.65. The number of ether oxygens (including phenoxy) is 1. The number of nitrogens with one attached hydrogen (secondary N) is 1. The van der Waals surface area contributed by atoms with Crippen LogP contribution in [0.2, 0.25) is 0 Å². The van der Waals surface area contributed by atoms with Crippen LogP contribution in [0.15, 0.2) is 34.7 Å². The predicted octanol–water partition coefficient (Wildman–Crippen LogP) is 3.36. The molecular formula is C15H18N2O4. The van der Waals surface area contributed by atoms with Crippen molar-refractivity contribution >= 4 is 5.69 Å². The molecule has 21 heavy (non-hydrogen) atoms. The van der Waals surface area contributed by atoms with Gasteiger partial charge in [0.05, 0.1) is 18.6 Å². The second-order valence-electron chi connectivity index (χ2n) is 4.95. The Morgan fingerprint density at radius 2 is 2.10 bits per heavy atom. The molecule has 0 atom stereocenters. The maximum atomic E-state index is 11.0. The van der Waals surface area contributed by atoms with Gasteiger partial charge in [0.2, 0.25) is 0 Å². The molecule has 1 aromatic carbocycles. The van der Waals surface area contributed by atoms with Crippen LogP contribution in [0.3, 0.4) is 0 Å². The number of hydrogen-bond donors (Lipinski definition) is 1. The molecule has 0 aliphatic carbocycles. The molecule has 2 rings (SSSR count). The molecule has 6 nitrogen and oxygen atoms in total. The van der Waals surface area contributed by atoms with Crippen molar-refractivity contribution < 1.29 is 14.1 Å². The van der Waals surface area contributed by atoms with Gasteiger partial charge < -0.3 is 14.5 Å². The minimum absolute atomic E-state index is 0.0757. The molecule has 0 spiro atoms. The van der Waals surface area contributed by atoms with Gasteiger partial charge in [-0.2, -0.15) is 0 Å². The highest BCUT2D eigenvalue weighted by atomic mass is 16.6. The summed E-state index contributed by atoms with van der Waals surface area (Å²) in [6, 6.07) is 8.80. The van der Waals surface area contributed by atoms with Crippen molar-refractivity contribution in [2.45, 2.75) is 26.4 Å². The summed E-state index contributed by atoms with van der Waals surface area (Å²) in [5, 5.41) is 14.3. The van der Waals surface area contributed by atoms with Gasteiger partial charge in [0.25, 0.3) is 0 Å². The summed E-state index contributed by atoms with van der Waals surface area (Å²) in [6.07, 6.45) is 0. The summed E-state index contributed by atoms with van der Waals surface area (Å²) >= 11 is 0. The largest absolute Gasteiger partial charge is 0.490 e. The first-order chi connectivity index (χ1) is 10.0. The maximum absolute atomic E-state index is 11.0. The van der Waals surface area contributed by atoms with Crippen LogP contribution >= 0.6 is 0 Å². The Bertz CT molecular complexity index is 634. The first-order valence-electron chi connectivity index (χ1n) is 6.66. The van der Waals surface area contributed by atoms with Crippen LogP contribution < -0.4 is 10.1 Å². The van der Waals surface area contributed by atoms with E-state index in [1.807, 2.05) is 12.1 Å². The molecule has 0 amide bonds. The first kappa shape index (κ1) is 15.1. The van der Waals surface area contributed by atoms with E-state index in [1.165, 1.54) is 13.2 Å². The van der Waals surface area contributed by atoms with Crippen LogP contribution in [0.5, 0.6) is 5.75 Å². The van der Waals surface area contributed by atoms with Crippen LogP contribution in [-0.2, 0) is 6.54 Å². The third-order valence-corrected chi connectivity index (χ3v) is 3.01. The zero-order valence-electron chi connectivity index (χ0n) is 12.3. The Balaban J connectivity index is 2.26. The zero-order chi connectivity index (χ0) is 15.4. The SMILES string of the molecule is COc1ccc(-c2ccc(CNC(C)C)o2)cc1[N+](=O)[O-]. The highest BCUT2D eigenvalue weighted by Crippen LogP contribution is 2.32. The van der Waals surface area contributed by atoms with E-state index in [-0.39, 0.29) is 11.4 Å². The van der Waals surface area contributed by atoms with Crippen molar-refractivity contribution in [2.24, 2.45) is 0 Å². The summed E-state index contributed by atoms with van der Waals surface area (Å²) in [5.74, 6) is 1.62. The number of rotatable bonds is 6. The van der Waals surface area contributed by atoms with Crippen LogP contribution in [0, 0.1) is 10.1 Å². The molecular weight excluding hydrogens is 272 g/mol. The van der Waals surface area contributed by atoms with Crippen molar-refractivity contribution in [3.05, 3.63) is 46.2 Å². The maximum Gasteiger partial charge on any atom is 0.311 e. The molecule has 6 heteroatoms. The van der Waals surface area contributed by atoms with E-state index in [9.17, 15) is 10.1 Å². The number of methoxy groups -OCH3 is 1.